The van der Waals surface area contributed by atoms with Crippen molar-refractivity contribution in [2.24, 2.45) is 5.41 Å². The highest BCUT2D eigenvalue weighted by Gasteiger charge is 2.44. The molecule has 1 aromatic carbocycles. The van der Waals surface area contributed by atoms with Gasteiger partial charge < -0.3 is 10.5 Å². The van der Waals surface area contributed by atoms with E-state index < -0.39 is 0 Å². The summed E-state index contributed by atoms with van der Waals surface area (Å²) < 4.78 is 6.54. The van der Waals surface area contributed by atoms with Gasteiger partial charge in [0.2, 0.25) is 0 Å². The van der Waals surface area contributed by atoms with Crippen LogP contribution in [0.2, 0.25) is 0 Å². The summed E-state index contributed by atoms with van der Waals surface area (Å²) in [6, 6.07) is 7.73. The third kappa shape index (κ3) is 3.99. The van der Waals surface area contributed by atoms with Crippen LogP contribution in [0.5, 0.6) is 5.75 Å². The zero-order chi connectivity index (χ0) is 17.1. The summed E-state index contributed by atoms with van der Waals surface area (Å²) in [6.07, 6.45) is 9.09. The van der Waals surface area contributed by atoms with Gasteiger partial charge in [0.1, 0.15) is 11.4 Å². The molecule has 0 heterocycles. The lowest BCUT2D eigenvalue weighted by Crippen LogP contribution is -2.48. The Hall–Kier alpha value is -1.70. The molecule has 0 fully saturated rings. The van der Waals surface area contributed by atoms with Crippen molar-refractivity contribution < 1.29 is 4.74 Å². The summed E-state index contributed by atoms with van der Waals surface area (Å²) >= 11 is 0. The molecular formula is C21H31NO. The van der Waals surface area contributed by atoms with Crippen molar-refractivity contribution in [3.05, 3.63) is 47.6 Å². The van der Waals surface area contributed by atoms with Gasteiger partial charge in [-0.25, -0.2) is 0 Å². The predicted molar refractivity (Wildman–Crippen MR) is 99.7 cm³/mol. The molecule has 1 aliphatic rings. The average molecular weight is 313 g/mol. The second-order valence-electron chi connectivity index (χ2n) is 7.71. The van der Waals surface area contributed by atoms with E-state index in [-0.39, 0.29) is 11.0 Å². The van der Waals surface area contributed by atoms with Crippen LogP contribution >= 0.6 is 0 Å². The van der Waals surface area contributed by atoms with Crippen molar-refractivity contribution in [1.29, 1.82) is 0 Å². The Morgan fingerprint density at radius 1 is 1.17 bits per heavy atom. The monoisotopic (exact) mass is 313 g/mol. The van der Waals surface area contributed by atoms with Crippen molar-refractivity contribution in [2.45, 2.75) is 65.9 Å². The van der Waals surface area contributed by atoms with Crippen LogP contribution in [0.3, 0.4) is 0 Å². The second kappa shape index (κ2) is 6.82. The van der Waals surface area contributed by atoms with Crippen molar-refractivity contribution in [2.75, 3.05) is 5.73 Å². The highest BCUT2D eigenvalue weighted by molar-refractivity contribution is 5.43. The summed E-state index contributed by atoms with van der Waals surface area (Å²) in [4.78, 5) is 0. The number of benzene rings is 1. The van der Waals surface area contributed by atoms with E-state index in [0.717, 1.165) is 24.3 Å². The van der Waals surface area contributed by atoms with Crippen LogP contribution < -0.4 is 10.5 Å². The Bertz CT molecular complexity index is 589. The van der Waals surface area contributed by atoms with Gasteiger partial charge in [-0.05, 0) is 50.1 Å². The summed E-state index contributed by atoms with van der Waals surface area (Å²) in [5, 5.41) is 0. The highest BCUT2D eigenvalue weighted by atomic mass is 16.5. The molecule has 2 N–H and O–H groups in total. The van der Waals surface area contributed by atoms with Gasteiger partial charge in [-0.1, -0.05) is 51.3 Å². The molecule has 0 aliphatic heterocycles. The van der Waals surface area contributed by atoms with Crippen molar-refractivity contribution in [3.8, 4) is 5.75 Å². The maximum Gasteiger partial charge on any atom is 0.136 e. The van der Waals surface area contributed by atoms with E-state index in [9.17, 15) is 0 Å². The normalized spacial score (nSPS) is 21.6. The first-order valence-corrected chi connectivity index (χ1v) is 8.70. The van der Waals surface area contributed by atoms with Gasteiger partial charge in [-0.2, -0.15) is 0 Å². The zero-order valence-electron chi connectivity index (χ0n) is 15.3. The van der Waals surface area contributed by atoms with Crippen LogP contribution in [-0.2, 0) is 0 Å². The van der Waals surface area contributed by atoms with Gasteiger partial charge in [0.25, 0.3) is 0 Å². The van der Waals surface area contributed by atoms with Crippen LogP contribution in [0.1, 0.15) is 60.3 Å². The minimum Gasteiger partial charge on any atom is -0.482 e. The van der Waals surface area contributed by atoms with Crippen LogP contribution in [0.15, 0.2) is 47.6 Å². The van der Waals surface area contributed by atoms with Gasteiger partial charge in [-0.3, -0.25) is 0 Å². The van der Waals surface area contributed by atoms with Crippen molar-refractivity contribution in [1.82, 2.24) is 0 Å². The molecular weight excluding hydrogens is 282 g/mol. The molecule has 1 atom stereocenters. The largest absolute Gasteiger partial charge is 0.482 e. The molecule has 1 aliphatic carbocycles. The molecule has 1 unspecified atom stereocenters. The van der Waals surface area contributed by atoms with Crippen LogP contribution in [0.4, 0.5) is 5.69 Å². The Morgan fingerprint density at radius 3 is 2.39 bits per heavy atom. The SMILES string of the molecule is CCCCC1=C(C)C=CC(Oc2ccc(N)cc2)(C(C)(C)C)C1. The topological polar surface area (TPSA) is 35.2 Å². The smallest absolute Gasteiger partial charge is 0.136 e. The maximum absolute atomic E-state index is 6.54. The average Bonchev–Trinajstić information content (AvgIpc) is 2.49. The number of allylic oxidation sites excluding steroid dienone is 2. The Morgan fingerprint density at radius 2 is 1.83 bits per heavy atom. The second-order valence-corrected chi connectivity index (χ2v) is 7.71. The first-order valence-electron chi connectivity index (χ1n) is 8.70. The highest BCUT2D eigenvalue weighted by Crippen LogP contribution is 2.44. The minimum absolute atomic E-state index is 0.00303. The fourth-order valence-corrected chi connectivity index (χ4v) is 3.05. The van der Waals surface area contributed by atoms with Gasteiger partial charge in [-0.15, -0.1) is 0 Å². The van der Waals surface area contributed by atoms with E-state index in [0.29, 0.717) is 0 Å². The fourth-order valence-electron chi connectivity index (χ4n) is 3.05. The third-order valence-corrected chi connectivity index (χ3v) is 4.92. The Labute approximate surface area is 141 Å². The molecule has 2 rings (SSSR count). The number of unbranched alkanes of at least 4 members (excludes halogenated alkanes) is 1. The van der Waals surface area contributed by atoms with Crippen LogP contribution in [0, 0.1) is 5.41 Å². The molecule has 0 aromatic heterocycles. The molecule has 2 heteroatoms. The van der Waals surface area contributed by atoms with Gasteiger partial charge >= 0.3 is 0 Å². The molecule has 0 radical (unpaired) electrons. The first-order chi connectivity index (χ1) is 10.8. The number of nitrogen functional groups attached to an aromatic ring is 1. The first kappa shape index (κ1) is 17.7. The number of ether oxygens (including phenoxy) is 1. The number of anilines is 1. The molecule has 0 bridgehead atoms. The molecule has 1 aromatic rings. The summed E-state index contributed by atoms with van der Waals surface area (Å²) in [5.41, 5.74) is 9.18. The summed E-state index contributed by atoms with van der Waals surface area (Å²) in [6.45, 7) is 11.2. The van der Waals surface area contributed by atoms with Crippen molar-refractivity contribution in [3.63, 3.8) is 0 Å². The lowest BCUT2D eigenvalue weighted by molar-refractivity contribution is 0.00914. The van der Waals surface area contributed by atoms with Gasteiger partial charge in [0, 0.05) is 17.5 Å². The number of rotatable bonds is 5. The Kier molecular flexibility index (Phi) is 5.23. The van der Waals surface area contributed by atoms with E-state index in [1.165, 1.54) is 24.0 Å². The molecule has 23 heavy (non-hydrogen) atoms. The number of hydrogen-bond donors (Lipinski definition) is 1. The molecule has 0 saturated carbocycles. The van der Waals surface area contributed by atoms with E-state index in [2.05, 4.69) is 46.8 Å². The third-order valence-electron chi connectivity index (χ3n) is 4.92. The summed E-state index contributed by atoms with van der Waals surface area (Å²) in [5.74, 6) is 0.883. The quantitative estimate of drug-likeness (QED) is 0.687. The molecule has 0 spiro atoms. The molecule has 0 amide bonds. The minimum atomic E-state index is -0.314. The van der Waals surface area contributed by atoms with E-state index in [1.807, 2.05) is 24.3 Å². The number of nitrogens with two attached hydrogens (primary N) is 1. The Balaban J connectivity index is 2.31. The van der Waals surface area contributed by atoms with Crippen LogP contribution in [-0.4, -0.2) is 5.60 Å². The maximum atomic E-state index is 6.54. The predicted octanol–water partition coefficient (Wildman–Crippen LogP) is 5.90. The zero-order valence-corrected chi connectivity index (χ0v) is 15.3. The standard InChI is InChI=1S/C21H31NO/c1-6-7-8-17-15-21(20(3,4)5,14-13-16(17)2)23-19-11-9-18(22)10-12-19/h9-14H,6-8,15,22H2,1-5H3. The lowest BCUT2D eigenvalue weighted by atomic mass is 9.69. The molecule has 2 nitrogen and oxygen atoms in total. The molecule has 126 valence electrons. The van der Waals surface area contributed by atoms with E-state index >= 15 is 0 Å². The van der Waals surface area contributed by atoms with E-state index in [4.69, 9.17) is 10.5 Å². The van der Waals surface area contributed by atoms with Crippen LogP contribution in [0.25, 0.3) is 0 Å². The number of hydrogen-bond acceptors (Lipinski definition) is 2. The van der Waals surface area contributed by atoms with Gasteiger partial charge in [0.05, 0.1) is 0 Å². The van der Waals surface area contributed by atoms with Crippen molar-refractivity contribution >= 4 is 5.69 Å². The molecule has 0 saturated heterocycles. The summed E-state index contributed by atoms with van der Waals surface area (Å²) in [7, 11) is 0. The van der Waals surface area contributed by atoms with E-state index in [1.54, 1.807) is 0 Å². The van der Waals surface area contributed by atoms with Gasteiger partial charge in [0.15, 0.2) is 0 Å². The fraction of sp³-hybridized carbons (Fsp3) is 0.524. The lowest BCUT2D eigenvalue weighted by Gasteiger charge is -2.45.